The van der Waals surface area contributed by atoms with Gasteiger partial charge in [0.2, 0.25) is 0 Å². The van der Waals surface area contributed by atoms with Crippen LogP contribution in [0.4, 0.5) is 0 Å². The fourth-order valence-corrected chi connectivity index (χ4v) is 3.36. The number of hydrogen-bond donors (Lipinski definition) is 1. The Kier molecular flexibility index (Phi) is 3.06. The van der Waals surface area contributed by atoms with Gasteiger partial charge in [0.15, 0.2) is 0 Å². The summed E-state index contributed by atoms with van der Waals surface area (Å²) in [4.78, 5) is 2.60. The molecule has 2 heteroatoms. The van der Waals surface area contributed by atoms with Gasteiger partial charge in [-0.25, -0.2) is 0 Å². The molecule has 0 amide bonds. The third-order valence-corrected chi connectivity index (χ3v) is 4.30. The van der Waals surface area contributed by atoms with Gasteiger partial charge in [0.25, 0.3) is 0 Å². The van der Waals surface area contributed by atoms with Gasteiger partial charge in [-0.1, -0.05) is 18.6 Å². The second-order valence-electron chi connectivity index (χ2n) is 5.44. The van der Waals surface area contributed by atoms with E-state index in [4.69, 9.17) is 0 Å². The summed E-state index contributed by atoms with van der Waals surface area (Å²) < 4.78 is 0. The molecule has 0 saturated carbocycles. The lowest BCUT2D eigenvalue weighted by Gasteiger charge is -2.29. The average Bonchev–Trinajstić information content (AvgIpc) is 2.76. The lowest BCUT2D eigenvalue weighted by molar-refractivity contribution is 0.215. The van der Waals surface area contributed by atoms with Crippen LogP contribution in [0.3, 0.4) is 0 Å². The number of phenols is 1. The number of phenolic OH excluding ortho intramolecular Hbond substituents is 1. The lowest BCUT2D eigenvalue weighted by Crippen LogP contribution is -2.33. The summed E-state index contributed by atoms with van der Waals surface area (Å²) in [7, 11) is 0. The highest BCUT2D eigenvalue weighted by Crippen LogP contribution is 2.38. The third kappa shape index (κ3) is 2.19. The molecule has 1 atom stereocenters. The molecule has 0 spiro atoms. The highest BCUT2D eigenvalue weighted by molar-refractivity contribution is 5.44. The quantitative estimate of drug-likeness (QED) is 0.846. The second kappa shape index (κ2) is 4.69. The molecule has 1 aromatic carbocycles. The van der Waals surface area contributed by atoms with Gasteiger partial charge in [0, 0.05) is 6.54 Å². The van der Waals surface area contributed by atoms with Crippen molar-refractivity contribution < 1.29 is 5.11 Å². The fourth-order valence-electron chi connectivity index (χ4n) is 3.36. The van der Waals surface area contributed by atoms with Crippen molar-refractivity contribution in [2.75, 3.05) is 19.6 Å². The topological polar surface area (TPSA) is 23.5 Å². The molecule has 1 saturated heterocycles. The number of benzene rings is 1. The first-order valence-corrected chi connectivity index (χ1v) is 6.88. The summed E-state index contributed by atoms with van der Waals surface area (Å²) in [6.45, 7) is 3.73. The molecule has 3 rings (SSSR count). The van der Waals surface area contributed by atoms with Crippen molar-refractivity contribution in [1.29, 1.82) is 0 Å². The van der Waals surface area contributed by atoms with Gasteiger partial charge in [0.05, 0.1) is 0 Å². The zero-order chi connectivity index (χ0) is 11.7. The van der Waals surface area contributed by atoms with Crippen LogP contribution in [-0.2, 0) is 6.42 Å². The van der Waals surface area contributed by atoms with Crippen LogP contribution in [0.5, 0.6) is 5.75 Å². The fraction of sp³-hybridized carbons (Fsp3) is 0.600. The lowest BCUT2D eigenvalue weighted by atomic mass is 9.99. The zero-order valence-corrected chi connectivity index (χ0v) is 10.4. The maximum Gasteiger partial charge on any atom is 0.119 e. The Morgan fingerprint density at radius 2 is 2.00 bits per heavy atom. The van der Waals surface area contributed by atoms with Crippen molar-refractivity contribution in [3.8, 4) is 5.75 Å². The third-order valence-electron chi connectivity index (χ3n) is 4.30. The Labute approximate surface area is 103 Å². The van der Waals surface area contributed by atoms with E-state index in [1.54, 1.807) is 0 Å². The summed E-state index contributed by atoms with van der Waals surface area (Å²) in [5, 5.41) is 9.84. The number of rotatable bonds is 2. The molecule has 17 heavy (non-hydrogen) atoms. The minimum absolute atomic E-state index is 0.503. The van der Waals surface area contributed by atoms with Crippen LogP contribution >= 0.6 is 0 Å². The van der Waals surface area contributed by atoms with Gasteiger partial charge in [-0.15, -0.1) is 0 Å². The molecule has 1 aromatic rings. The normalized spacial score (nSPS) is 24.8. The summed E-state index contributed by atoms with van der Waals surface area (Å²) in [5.74, 6) is 1.15. The van der Waals surface area contributed by atoms with E-state index in [2.05, 4.69) is 11.0 Å². The van der Waals surface area contributed by atoms with Crippen LogP contribution in [0.2, 0.25) is 0 Å². The van der Waals surface area contributed by atoms with E-state index in [-0.39, 0.29) is 0 Å². The van der Waals surface area contributed by atoms with Crippen molar-refractivity contribution in [3.63, 3.8) is 0 Å². The number of aromatic hydroxyl groups is 1. The van der Waals surface area contributed by atoms with Gasteiger partial charge in [-0.2, -0.15) is 0 Å². The zero-order valence-electron chi connectivity index (χ0n) is 10.4. The van der Waals surface area contributed by atoms with E-state index in [1.807, 2.05) is 12.1 Å². The van der Waals surface area contributed by atoms with E-state index in [1.165, 1.54) is 56.4 Å². The molecule has 1 N–H and O–H groups in total. The Hall–Kier alpha value is -1.02. The van der Waals surface area contributed by atoms with Crippen LogP contribution in [-0.4, -0.2) is 29.6 Å². The van der Waals surface area contributed by atoms with Crippen LogP contribution in [0.1, 0.15) is 42.7 Å². The average molecular weight is 231 g/mol. The van der Waals surface area contributed by atoms with Crippen molar-refractivity contribution in [2.24, 2.45) is 0 Å². The van der Waals surface area contributed by atoms with Gasteiger partial charge in [-0.3, -0.25) is 0 Å². The molecular formula is C15H21NO. The molecule has 2 nitrogen and oxygen atoms in total. The van der Waals surface area contributed by atoms with Crippen molar-refractivity contribution in [2.45, 2.75) is 38.0 Å². The number of piperidine rings is 1. The molecule has 1 aliphatic heterocycles. The number of nitrogens with zero attached hydrogens (tertiary/aromatic N) is 1. The molecule has 2 aliphatic rings. The summed E-state index contributed by atoms with van der Waals surface area (Å²) in [6, 6.07) is 6.02. The summed E-state index contributed by atoms with van der Waals surface area (Å²) in [5.41, 5.74) is 2.60. The van der Waals surface area contributed by atoms with Gasteiger partial charge in [0.1, 0.15) is 5.75 Å². The molecule has 1 heterocycles. The number of likely N-dealkylation sites (tertiary alicyclic amines) is 1. The first kappa shape index (κ1) is 11.1. The molecule has 0 bridgehead atoms. The monoisotopic (exact) mass is 231 g/mol. The van der Waals surface area contributed by atoms with Crippen molar-refractivity contribution in [1.82, 2.24) is 4.90 Å². The van der Waals surface area contributed by atoms with Gasteiger partial charge >= 0.3 is 0 Å². The Morgan fingerprint density at radius 1 is 1.18 bits per heavy atom. The molecule has 1 unspecified atom stereocenters. The van der Waals surface area contributed by atoms with Crippen molar-refractivity contribution in [3.05, 3.63) is 29.3 Å². The smallest absolute Gasteiger partial charge is 0.119 e. The Bertz CT molecular complexity index is 396. The highest BCUT2D eigenvalue weighted by Gasteiger charge is 2.26. The second-order valence-corrected chi connectivity index (χ2v) is 5.44. The molecule has 92 valence electrons. The van der Waals surface area contributed by atoms with Gasteiger partial charge < -0.3 is 10.0 Å². The molecule has 0 aromatic heterocycles. The molecular weight excluding hydrogens is 210 g/mol. The van der Waals surface area contributed by atoms with Crippen molar-refractivity contribution >= 4 is 0 Å². The van der Waals surface area contributed by atoms with E-state index < -0.39 is 0 Å². The van der Waals surface area contributed by atoms with Crippen LogP contribution in [0.15, 0.2) is 18.2 Å². The first-order chi connectivity index (χ1) is 8.34. The maximum atomic E-state index is 9.84. The SMILES string of the molecule is Oc1cccc2c1CCC2CN1CCCCC1. The summed E-state index contributed by atoms with van der Waals surface area (Å²) in [6.07, 6.45) is 6.39. The van der Waals surface area contributed by atoms with Gasteiger partial charge in [-0.05, 0) is 61.9 Å². The molecule has 0 radical (unpaired) electrons. The molecule has 1 aliphatic carbocycles. The maximum absolute atomic E-state index is 9.84. The van der Waals surface area contributed by atoms with Crippen LogP contribution in [0.25, 0.3) is 0 Å². The minimum atomic E-state index is 0.503. The number of hydrogen-bond acceptors (Lipinski definition) is 2. The number of fused-ring (bicyclic) bond motifs is 1. The van der Waals surface area contributed by atoms with Crippen LogP contribution < -0.4 is 0 Å². The predicted molar refractivity (Wildman–Crippen MR) is 69.5 cm³/mol. The minimum Gasteiger partial charge on any atom is -0.508 e. The molecule has 1 fully saturated rings. The first-order valence-electron chi connectivity index (χ1n) is 6.88. The van der Waals surface area contributed by atoms with E-state index in [0.717, 1.165) is 6.42 Å². The van der Waals surface area contributed by atoms with Crippen LogP contribution in [0, 0.1) is 0 Å². The Morgan fingerprint density at radius 3 is 2.82 bits per heavy atom. The van der Waals surface area contributed by atoms with E-state index >= 15 is 0 Å². The Balaban J connectivity index is 1.72. The summed E-state index contributed by atoms with van der Waals surface area (Å²) >= 11 is 0. The van der Waals surface area contributed by atoms with E-state index in [0.29, 0.717) is 11.7 Å². The highest BCUT2D eigenvalue weighted by atomic mass is 16.3. The standard InChI is InChI=1S/C15H21NO/c17-15-6-4-5-13-12(7-8-14(13)15)11-16-9-2-1-3-10-16/h4-6,12,17H,1-3,7-11H2. The largest absolute Gasteiger partial charge is 0.508 e. The predicted octanol–water partition coefficient (Wildman–Crippen LogP) is 2.91. The van der Waals surface area contributed by atoms with E-state index in [9.17, 15) is 5.11 Å².